The molecule has 31 heavy (non-hydrogen) atoms. The number of carboxylic acids is 2. The molecule has 15 heteroatoms. The number of nitrogens with one attached hydrogen (secondary N) is 3. The summed E-state index contributed by atoms with van der Waals surface area (Å²) in [6, 6.07) is -6.45. The maximum atomic E-state index is 12.5. The zero-order chi connectivity index (χ0) is 24.3. The van der Waals surface area contributed by atoms with Gasteiger partial charge >= 0.3 is 11.9 Å². The fourth-order valence-electron chi connectivity index (χ4n) is 2.22. The Kier molecular flexibility index (Phi) is 11.7. The van der Waals surface area contributed by atoms with E-state index in [1.807, 2.05) is 10.6 Å². The van der Waals surface area contributed by atoms with Crippen molar-refractivity contribution in [3.63, 3.8) is 0 Å². The van der Waals surface area contributed by atoms with E-state index in [0.29, 0.717) is 0 Å². The van der Waals surface area contributed by atoms with E-state index in [2.05, 4.69) is 5.32 Å². The summed E-state index contributed by atoms with van der Waals surface area (Å²) in [7, 11) is 0. The minimum absolute atomic E-state index is 0.386. The number of aliphatic hydroxyl groups is 2. The second kappa shape index (κ2) is 13.1. The molecule has 5 unspecified atom stereocenters. The first-order valence-electron chi connectivity index (χ1n) is 8.98. The van der Waals surface area contributed by atoms with Crippen LogP contribution < -0.4 is 27.4 Å². The minimum atomic E-state index is -1.74. The molecule has 0 bridgehead atoms. The fourth-order valence-corrected chi connectivity index (χ4v) is 2.22. The molecular formula is C16H27N5O10. The van der Waals surface area contributed by atoms with Crippen molar-refractivity contribution < 1.29 is 49.2 Å². The SMILES string of the molecule is CC(O)C(NC(=O)C(CCC(N)=O)NC(=O)C(CC(=O)O)NC(=O)C(N)CO)C(=O)O. The third-order valence-electron chi connectivity index (χ3n) is 3.90. The minimum Gasteiger partial charge on any atom is -0.481 e. The van der Waals surface area contributed by atoms with Gasteiger partial charge in [0.05, 0.1) is 19.1 Å². The molecule has 0 aliphatic heterocycles. The van der Waals surface area contributed by atoms with E-state index in [9.17, 15) is 33.9 Å². The molecule has 0 saturated heterocycles. The molecule has 4 amide bonds. The van der Waals surface area contributed by atoms with Crippen LogP contribution in [0.3, 0.4) is 0 Å². The zero-order valence-electron chi connectivity index (χ0n) is 16.6. The highest BCUT2D eigenvalue weighted by atomic mass is 16.4. The molecule has 0 spiro atoms. The molecule has 0 aromatic heterocycles. The third kappa shape index (κ3) is 10.3. The Morgan fingerprint density at radius 3 is 1.84 bits per heavy atom. The molecule has 0 aromatic carbocycles. The first-order valence-corrected chi connectivity index (χ1v) is 8.98. The van der Waals surface area contributed by atoms with Crippen LogP contribution >= 0.6 is 0 Å². The van der Waals surface area contributed by atoms with Gasteiger partial charge in [0.15, 0.2) is 6.04 Å². The molecule has 0 fully saturated rings. The number of aliphatic carboxylic acids is 2. The largest absolute Gasteiger partial charge is 0.481 e. The van der Waals surface area contributed by atoms with Crippen molar-refractivity contribution in [1.29, 1.82) is 0 Å². The molecule has 11 N–H and O–H groups in total. The Labute approximate surface area is 176 Å². The molecule has 176 valence electrons. The maximum Gasteiger partial charge on any atom is 0.328 e. The molecule has 0 radical (unpaired) electrons. The standard InChI is InChI=1S/C16H27N5O10/c1-6(23)12(16(30)31)21-14(28)8(2-3-10(18)24)19-15(29)9(4-11(25)26)20-13(27)7(17)5-22/h6-9,12,22-23H,2-5,17H2,1H3,(H2,18,24)(H,19,29)(H,20,27)(H,21,28)(H,25,26)(H,30,31). The number of carbonyl (C=O) groups is 6. The van der Waals surface area contributed by atoms with Crippen molar-refractivity contribution in [2.24, 2.45) is 11.5 Å². The highest BCUT2D eigenvalue weighted by molar-refractivity contribution is 5.95. The van der Waals surface area contributed by atoms with Crippen LogP contribution in [0.25, 0.3) is 0 Å². The second-order valence-electron chi connectivity index (χ2n) is 6.58. The van der Waals surface area contributed by atoms with Gasteiger partial charge in [-0.2, -0.15) is 0 Å². The highest BCUT2D eigenvalue weighted by Crippen LogP contribution is 2.03. The van der Waals surface area contributed by atoms with Gasteiger partial charge in [-0.3, -0.25) is 24.0 Å². The number of primary amides is 1. The number of hydrogen-bond donors (Lipinski definition) is 9. The lowest BCUT2D eigenvalue weighted by Gasteiger charge is -2.25. The Morgan fingerprint density at radius 2 is 1.42 bits per heavy atom. The molecule has 5 atom stereocenters. The van der Waals surface area contributed by atoms with E-state index in [1.165, 1.54) is 0 Å². The number of rotatable bonds is 14. The Morgan fingerprint density at radius 1 is 0.903 bits per heavy atom. The van der Waals surface area contributed by atoms with Gasteiger partial charge in [-0.05, 0) is 13.3 Å². The Hall–Kier alpha value is -3.30. The van der Waals surface area contributed by atoms with Crippen LogP contribution in [0.15, 0.2) is 0 Å². The zero-order valence-corrected chi connectivity index (χ0v) is 16.6. The maximum absolute atomic E-state index is 12.5. The molecule has 0 heterocycles. The summed E-state index contributed by atoms with van der Waals surface area (Å²) >= 11 is 0. The monoisotopic (exact) mass is 449 g/mol. The summed E-state index contributed by atoms with van der Waals surface area (Å²) in [5.41, 5.74) is 10.3. The van der Waals surface area contributed by atoms with E-state index in [0.717, 1.165) is 6.92 Å². The van der Waals surface area contributed by atoms with Crippen molar-refractivity contribution in [3.05, 3.63) is 0 Å². The normalized spacial score (nSPS) is 15.5. The topological polar surface area (TPSA) is 271 Å². The van der Waals surface area contributed by atoms with Crippen LogP contribution in [0.4, 0.5) is 0 Å². The van der Waals surface area contributed by atoms with E-state index in [-0.39, 0.29) is 6.42 Å². The molecule has 0 saturated carbocycles. The quantitative estimate of drug-likeness (QED) is 0.121. The van der Waals surface area contributed by atoms with E-state index in [4.69, 9.17) is 26.8 Å². The highest BCUT2D eigenvalue weighted by Gasteiger charge is 2.32. The first kappa shape index (κ1) is 27.7. The van der Waals surface area contributed by atoms with Gasteiger partial charge in [-0.25, -0.2) is 4.79 Å². The Balaban J connectivity index is 5.55. The summed E-state index contributed by atoms with van der Waals surface area (Å²) < 4.78 is 0. The van der Waals surface area contributed by atoms with Crippen LogP contribution in [0, 0.1) is 0 Å². The van der Waals surface area contributed by atoms with Crippen molar-refractivity contribution in [2.45, 2.75) is 56.5 Å². The molecule has 15 nitrogen and oxygen atoms in total. The van der Waals surface area contributed by atoms with Crippen LogP contribution in [-0.2, 0) is 28.8 Å². The lowest BCUT2D eigenvalue weighted by atomic mass is 10.1. The van der Waals surface area contributed by atoms with Crippen molar-refractivity contribution in [3.8, 4) is 0 Å². The lowest BCUT2D eigenvalue weighted by Crippen LogP contribution is -2.58. The van der Waals surface area contributed by atoms with Gasteiger partial charge in [0.1, 0.15) is 18.1 Å². The predicted molar refractivity (Wildman–Crippen MR) is 101 cm³/mol. The first-order chi connectivity index (χ1) is 14.3. The van der Waals surface area contributed by atoms with Crippen molar-refractivity contribution in [1.82, 2.24) is 16.0 Å². The molecule has 0 aliphatic carbocycles. The summed E-state index contributed by atoms with van der Waals surface area (Å²) in [4.78, 5) is 69.9. The van der Waals surface area contributed by atoms with Gasteiger partial charge in [0.2, 0.25) is 23.6 Å². The predicted octanol–water partition coefficient (Wildman–Crippen LogP) is -5.03. The summed E-state index contributed by atoms with van der Waals surface area (Å²) in [6.07, 6.45) is -3.21. The smallest absolute Gasteiger partial charge is 0.328 e. The lowest BCUT2D eigenvalue weighted by molar-refractivity contribution is -0.145. The van der Waals surface area contributed by atoms with E-state index < -0.39 is 85.3 Å². The number of aliphatic hydroxyl groups excluding tert-OH is 2. The second-order valence-corrected chi connectivity index (χ2v) is 6.58. The van der Waals surface area contributed by atoms with E-state index >= 15 is 0 Å². The van der Waals surface area contributed by atoms with Gasteiger partial charge in [0.25, 0.3) is 0 Å². The molecule has 0 aromatic rings. The third-order valence-corrected chi connectivity index (χ3v) is 3.90. The van der Waals surface area contributed by atoms with Crippen LogP contribution in [-0.4, -0.2) is 92.9 Å². The Bertz CT molecular complexity index is 698. The number of carbonyl (C=O) groups excluding carboxylic acids is 4. The van der Waals surface area contributed by atoms with E-state index in [1.54, 1.807) is 0 Å². The van der Waals surface area contributed by atoms with Gasteiger partial charge in [0, 0.05) is 6.42 Å². The number of nitrogens with two attached hydrogens (primary N) is 2. The van der Waals surface area contributed by atoms with Crippen LogP contribution in [0.2, 0.25) is 0 Å². The number of carboxylic acid groups (broad SMARTS) is 2. The number of hydrogen-bond acceptors (Lipinski definition) is 9. The van der Waals surface area contributed by atoms with Crippen LogP contribution in [0.5, 0.6) is 0 Å². The fraction of sp³-hybridized carbons (Fsp3) is 0.625. The van der Waals surface area contributed by atoms with Crippen LogP contribution in [0.1, 0.15) is 26.2 Å². The molecule has 0 aliphatic rings. The summed E-state index contributed by atoms with van der Waals surface area (Å²) in [5.74, 6) is -7.21. The average molecular weight is 449 g/mol. The molecular weight excluding hydrogens is 422 g/mol. The summed E-state index contributed by atoms with van der Waals surface area (Å²) in [5, 5.41) is 42.5. The van der Waals surface area contributed by atoms with Crippen molar-refractivity contribution in [2.75, 3.05) is 6.61 Å². The average Bonchev–Trinajstić information content (AvgIpc) is 2.66. The van der Waals surface area contributed by atoms with Gasteiger partial charge in [-0.15, -0.1) is 0 Å². The van der Waals surface area contributed by atoms with Gasteiger partial charge in [-0.1, -0.05) is 0 Å². The summed E-state index contributed by atoms with van der Waals surface area (Å²) in [6.45, 7) is 0.311. The van der Waals surface area contributed by atoms with Gasteiger partial charge < -0.3 is 47.8 Å². The molecule has 0 rings (SSSR count). The number of amides is 4. The van der Waals surface area contributed by atoms with Crippen molar-refractivity contribution >= 4 is 35.6 Å².